The van der Waals surface area contributed by atoms with E-state index in [2.05, 4.69) is 0 Å². The summed E-state index contributed by atoms with van der Waals surface area (Å²) in [6.07, 6.45) is 0. The molecule has 0 spiro atoms. The molecule has 0 aliphatic rings. The van der Waals surface area contributed by atoms with Crippen molar-refractivity contribution in [2.24, 2.45) is 0 Å². The van der Waals surface area contributed by atoms with E-state index in [9.17, 15) is 0 Å². The molecule has 2 heteroatoms. The maximum atomic E-state index is 4.83. The molecule has 0 aromatic rings. The molecule has 0 saturated carbocycles. The van der Waals surface area contributed by atoms with Gasteiger partial charge in [-0.25, -0.2) is 0 Å². The van der Waals surface area contributed by atoms with Gasteiger partial charge in [-0.15, -0.1) is 0 Å². The van der Waals surface area contributed by atoms with E-state index < -0.39 is 0 Å². The van der Waals surface area contributed by atoms with Crippen LogP contribution >= 0.6 is 0 Å². The van der Waals surface area contributed by atoms with Crippen LogP contribution in [0.2, 0.25) is 0 Å². The molecule has 0 aliphatic heterocycles. The Morgan fingerprint density at radius 1 is 1.17 bits per heavy atom. The van der Waals surface area contributed by atoms with Crippen molar-refractivity contribution in [3.05, 3.63) is 0 Å². The summed E-state index contributed by atoms with van der Waals surface area (Å²) >= 11 is 0. The zero-order valence-corrected chi connectivity index (χ0v) is 3.82. The van der Waals surface area contributed by atoms with Gasteiger partial charge < -0.3 is 4.74 Å². The quantitative estimate of drug-likeness (QED) is 0.526. The summed E-state index contributed by atoms with van der Waals surface area (Å²) < 4.78 is 4.83. The molecule has 0 radical (unpaired) electrons. The van der Waals surface area contributed by atoms with E-state index in [-0.39, 0.29) is 45.5 Å². The Bertz CT molecular complexity index is 15.0. The van der Waals surface area contributed by atoms with Gasteiger partial charge in [0, 0.05) is 13.2 Å². The summed E-state index contributed by atoms with van der Waals surface area (Å²) in [5.74, 6) is 0. The number of rotatable bonds is 2. The minimum atomic E-state index is 0. The number of hydrogen-bond donors (Lipinski definition) is 0. The van der Waals surface area contributed by atoms with Crippen molar-refractivity contribution in [1.29, 1.82) is 0 Å². The molecule has 0 N–H and O–H groups in total. The van der Waals surface area contributed by atoms with E-state index >= 15 is 0 Å². The monoisotopic (exact) mass is 164 g/mol. The summed E-state index contributed by atoms with van der Waals surface area (Å²) in [6.45, 7) is 5.67. The van der Waals surface area contributed by atoms with Crippen LogP contribution in [0.15, 0.2) is 0 Å². The van der Waals surface area contributed by atoms with Gasteiger partial charge in [-0.1, -0.05) is 0 Å². The predicted molar refractivity (Wildman–Crippen MR) is 30.7 cm³/mol. The van der Waals surface area contributed by atoms with E-state index in [0.717, 1.165) is 13.2 Å². The molecule has 6 heavy (non-hydrogen) atoms. The molecule has 0 rings (SSSR count). The first kappa shape index (κ1) is 10.4. The molecular weight excluding hydrogens is 152 g/mol. The number of ether oxygens (including phenoxy) is 1. The van der Waals surface area contributed by atoms with E-state index in [4.69, 9.17) is 4.74 Å². The van der Waals surface area contributed by atoms with Crippen LogP contribution in [0.4, 0.5) is 0 Å². The molecular formula is C4H12OSr. The molecule has 0 unspecified atom stereocenters. The Balaban J connectivity index is 0. The third-order valence-corrected chi connectivity index (χ3v) is 0.408. The fourth-order valence-electron chi connectivity index (χ4n) is 0.204. The van der Waals surface area contributed by atoms with Crippen molar-refractivity contribution < 1.29 is 4.74 Å². The van der Waals surface area contributed by atoms with Crippen LogP contribution in [0.25, 0.3) is 0 Å². The molecule has 0 fully saturated rings. The predicted octanol–water partition coefficient (Wildman–Crippen LogP) is 0.127. The fourth-order valence-corrected chi connectivity index (χ4v) is 0.204. The first-order valence-electron chi connectivity index (χ1n) is 1.99. The van der Waals surface area contributed by atoms with Gasteiger partial charge in [-0.2, -0.15) is 0 Å². The molecule has 36 valence electrons. The molecule has 0 bridgehead atoms. The molecule has 0 aromatic carbocycles. The zero-order valence-electron chi connectivity index (χ0n) is 3.82. The maximum absolute atomic E-state index is 4.83. The molecule has 0 atom stereocenters. The molecule has 1 nitrogen and oxygen atoms in total. The summed E-state index contributed by atoms with van der Waals surface area (Å²) in [4.78, 5) is 0. The summed E-state index contributed by atoms with van der Waals surface area (Å²) in [5.41, 5.74) is 0. The summed E-state index contributed by atoms with van der Waals surface area (Å²) in [7, 11) is 0. The average molecular weight is 164 g/mol. The third-order valence-electron chi connectivity index (χ3n) is 0.408. The Kier molecular flexibility index (Phi) is 16.8. The van der Waals surface area contributed by atoms with Crippen LogP contribution in [0.1, 0.15) is 13.8 Å². The second kappa shape index (κ2) is 9.67. The van der Waals surface area contributed by atoms with Crippen LogP contribution in [-0.2, 0) is 4.74 Å². The van der Waals surface area contributed by atoms with Gasteiger partial charge in [0.2, 0.25) is 0 Å². The van der Waals surface area contributed by atoms with E-state index in [0.29, 0.717) is 0 Å². The molecule has 0 aliphatic carbocycles. The summed E-state index contributed by atoms with van der Waals surface area (Å²) in [5, 5.41) is 0. The van der Waals surface area contributed by atoms with Gasteiger partial charge in [0.1, 0.15) is 0 Å². The Morgan fingerprint density at radius 2 is 1.50 bits per heavy atom. The van der Waals surface area contributed by atoms with Crippen LogP contribution in [0, 0.1) is 0 Å². The van der Waals surface area contributed by atoms with E-state index in [1.807, 2.05) is 13.8 Å². The minimum absolute atomic E-state index is 0. The van der Waals surface area contributed by atoms with E-state index in [1.54, 1.807) is 0 Å². The van der Waals surface area contributed by atoms with Crippen molar-refractivity contribution in [3.8, 4) is 0 Å². The molecule has 0 saturated heterocycles. The molecule has 0 heterocycles. The van der Waals surface area contributed by atoms with Crippen LogP contribution in [0.5, 0.6) is 0 Å². The van der Waals surface area contributed by atoms with Gasteiger partial charge in [0.25, 0.3) is 0 Å². The van der Waals surface area contributed by atoms with Crippen molar-refractivity contribution in [2.75, 3.05) is 13.2 Å². The first-order valence-corrected chi connectivity index (χ1v) is 1.99. The second-order valence-corrected chi connectivity index (χ2v) is 0.781. The Hall–Kier alpha value is 1.44. The number of hydrogen-bond acceptors (Lipinski definition) is 1. The normalized spacial score (nSPS) is 7.00. The fraction of sp³-hybridized carbons (Fsp3) is 1.00. The topological polar surface area (TPSA) is 9.23 Å². The van der Waals surface area contributed by atoms with Gasteiger partial charge >= 0.3 is 45.5 Å². The zero-order chi connectivity index (χ0) is 4.12. The Morgan fingerprint density at radius 3 is 1.50 bits per heavy atom. The average Bonchev–Trinajstić information content (AvgIpc) is 1.41. The van der Waals surface area contributed by atoms with Crippen LogP contribution in [-0.4, -0.2) is 58.7 Å². The first-order chi connectivity index (χ1) is 2.41. The van der Waals surface area contributed by atoms with Crippen LogP contribution < -0.4 is 0 Å². The SMILES string of the molecule is CCOCC.[SrH2]. The van der Waals surface area contributed by atoms with Crippen molar-refractivity contribution in [2.45, 2.75) is 13.8 Å². The van der Waals surface area contributed by atoms with Gasteiger partial charge in [0.15, 0.2) is 0 Å². The van der Waals surface area contributed by atoms with Crippen molar-refractivity contribution in [1.82, 2.24) is 0 Å². The molecule has 0 amide bonds. The third kappa shape index (κ3) is 9.06. The van der Waals surface area contributed by atoms with Gasteiger partial charge in [0.05, 0.1) is 0 Å². The van der Waals surface area contributed by atoms with Crippen molar-refractivity contribution in [3.63, 3.8) is 0 Å². The van der Waals surface area contributed by atoms with Crippen LogP contribution in [0.3, 0.4) is 0 Å². The van der Waals surface area contributed by atoms with E-state index in [1.165, 1.54) is 0 Å². The molecule has 0 aromatic heterocycles. The standard InChI is InChI=1S/C4H10O.Sr.2H/c1-3-5-4-2;;;/h3-4H2,1-2H3;;;. The second-order valence-electron chi connectivity index (χ2n) is 0.781. The van der Waals surface area contributed by atoms with Gasteiger partial charge in [-0.3, -0.25) is 0 Å². The van der Waals surface area contributed by atoms with Crippen molar-refractivity contribution >= 4 is 45.5 Å². The summed E-state index contributed by atoms with van der Waals surface area (Å²) in [6, 6.07) is 0. The Labute approximate surface area is 76.3 Å². The van der Waals surface area contributed by atoms with Gasteiger partial charge in [-0.05, 0) is 13.8 Å².